The minimum atomic E-state index is -0.270. The standard InChI is InChI=1S/C32H49N5O2.C6H12O/c1-6-11-25(17-16-24(2)3)18-21-34-36-32(35-33)30(28-14-10-15-29(38-4)31(28)39-5)37-22-19-27(20-23-37)26-12-8-7-9-13-26;1-5(7)6(2,3)4/h7-10,12-15,24-25,27,30H,6,11,16-23,33H2,1-5H3;1-4H3/b35-32-,36-34?;. The molecule has 0 amide bonds. The van der Waals surface area contributed by atoms with Gasteiger partial charge in [0.15, 0.2) is 17.3 Å². The van der Waals surface area contributed by atoms with Gasteiger partial charge in [0.2, 0.25) is 0 Å². The third-order valence-corrected chi connectivity index (χ3v) is 8.99. The molecule has 3 rings (SSSR count). The molecule has 8 heteroatoms. The second kappa shape index (κ2) is 20.1. The Hall–Kier alpha value is -3.26. The molecule has 2 unspecified atom stereocenters. The number of nitrogens with two attached hydrogens (primary N) is 1. The highest BCUT2D eigenvalue weighted by atomic mass is 16.5. The van der Waals surface area contributed by atoms with Gasteiger partial charge in [0.25, 0.3) is 0 Å². The summed E-state index contributed by atoms with van der Waals surface area (Å²) in [4.78, 5) is 12.9. The molecule has 1 heterocycles. The molecule has 2 aromatic rings. The number of nitrogens with zero attached hydrogens (tertiary/aromatic N) is 4. The zero-order valence-electron chi connectivity index (χ0n) is 30.1. The highest BCUT2D eigenvalue weighted by molar-refractivity contribution is 5.89. The van der Waals surface area contributed by atoms with E-state index in [1.165, 1.54) is 31.2 Å². The first-order valence-corrected chi connectivity index (χ1v) is 17.1. The molecule has 2 aromatic carbocycles. The number of likely N-dealkylation sites (tertiary alicyclic amines) is 1. The SMILES string of the molecule is CC(=O)C(C)(C)C.CCCC(CCN=N/C(=N\N)C(c1cccc(OC)c1OC)N1CCC(c2ccccc2)CC1)CCC(C)C. The minimum Gasteiger partial charge on any atom is -0.493 e. The van der Waals surface area contributed by atoms with Gasteiger partial charge in [0, 0.05) is 11.0 Å². The van der Waals surface area contributed by atoms with Gasteiger partial charge in [0.05, 0.1) is 20.8 Å². The highest BCUT2D eigenvalue weighted by Gasteiger charge is 2.33. The van der Waals surface area contributed by atoms with Crippen LogP contribution in [0.3, 0.4) is 0 Å². The van der Waals surface area contributed by atoms with Crippen LogP contribution in [0.4, 0.5) is 0 Å². The summed E-state index contributed by atoms with van der Waals surface area (Å²) in [7, 11) is 3.33. The second-order valence-corrected chi connectivity index (χ2v) is 13.9. The lowest BCUT2D eigenvalue weighted by Crippen LogP contribution is -2.39. The fourth-order valence-electron chi connectivity index (χ4n) is 5.77. The van der Waals surface area contributed by atoms with Crippen molar-refractivity contribution in [2.75, 3.05) is 33.9 Å². The molecule has 1 aliphatic heterocycles. The van der Waals surface area contributed by atoms with Crippen molar-refractivity contribution in [2.45, 2.75) is 105 Å². The lowest BCUT2D eigenvalue weighted by Gasteiger charge is -2.37. The number of Topliss-reactive ketones (excluding diaryl/α,β-unsaturated/α-hetero) is 1. The number of ketones is 1. The Morgan fingerprint density at radius 2 is 1.61 bits per heavy atom. The maximum atomic E-state index is 10.5. The Bertz CT molecular complexity index is 1210. The number of amidine groups is 1. The molecule has 0 bridgehead atoms. The van der Waals surface area contributed by atoms with Crippen molar-refractivity contribution >= 4 is 11.6 Å². The van der Waals surface area contributed by atoms with Gasteiger partial charge in [-0.25, -0.2) is 0 Å². The van der Waals surface area contributed by atoms with Crippen molar-refractivity contribution < 1.29 is 14.3 Å². The summed E-state index contributed by atoms with van der Waals surface area (Å²) in [6, 6.07) is 16.5. The van der Waals surface area contributed by atoms with Crippen LogP contribution in [-0.2, 0) is 4.79 Å². The van der Waals surface area contributed by atoms with E-state index in [1.807, 2.05) is 32.9 Å². The maximum Gasteiger partial charge on any atom is 0.191 e. The summed E-state index contributed by atoms with van der Waals surface area (Å²) in [5.74, 6) is 10.1. The Labute approximate surface area is 279 Å². The van der Waals surface area contributed by atoms with Crippen molar-refractivity contribution in [3.63, 3.8) is 0 Å². The Morgan fingerprint density at radius 3 is 2.13 bits per heavy atom. The van der Waals surface area contributed by atoms with Crippen LogP contribution in [0.25, 0.3) is 0 Å². The number of ether oxygens (including phenoxy) is 2. The van der Waals surface area contributed by atoms with Crippen LogP contribution >= 0.6 is 0 Å². The predicted molar refractivity (Wildman–Crippen MR) is 191 cm³/mol. The molecule has 0 radical (unpaired) electrons. The minimum absolute atomic E-state index is 0.139. The zero-order chi connectivity index (χ0) is 34.1. The van der Waals surface area contributed by atoms with Gasteiger partial charge < -0.3 is 15.3 Å². The highest BCUT2D eigenvalue weighted by Crippen LogP contribution is 2.40. The van der Waals surface area contributed by atoms with Gasteiger partial charge in [-0.1, -0.05) is 110 Å². The lowest BCUT2D eigenvalue weighted by atomic mass is 9.88. The van der Waals surface area contributed by atoms with Gasteiger partial charge in [0.1, 0.15) is 11.8 Å². The molecule has 0 aliphatic carbocycles. The van der Waals surface area contributed by atoms with Gasteiger partial charge in [-0.3, -0.25) is 9.69 Å². The molecule has 0 spiro atoms. The van der Waals surface area contributed by atoms with Crippen molar-refractivity contribution in [1.82, 2.24) is 4.90 Å². The number of hydrogen-bond acceptors (Lipinski definition) is 7. The van der Waals surface area contributed by atoms with Crippen molar-refractivity contribution in [3.8, 4) is 11.5 Å². The van der Waals surface area contributed by atoms with Crippen molar-refractivity contribution in [2.24, 2.45) is 38.4 Å². The fourth-order valence-corrected chi connectivity index (χ4v) is 5.77. The number of azo groups is 1. The number of rotatable bonds is 14. The van der Waals surface area contributed by atoms with Crippen LogP contribution in [0, 0.1) is 17.3 Å². The number of hydrazone groups is 1. The lowest BCUT2D eigenvalue weighted by molar-refractivity contribution is -0.124. The third-order valence-electron chi connectivity index (χ3n) is 8.99. The summed E-state index contributed by atoms with van der Waals surface area (Å²) in [5, 5.41) is 13.4. The molecule has 2 N–H and O–H groups in total. The molecule has 2 atom stereocenters. The largest absolute Gasteiger partial charge is 0.493 e. The van der Waals surface area contributed by atoms with E-state index < -0.39 is 0 Å². The summed E-state index contributed by atoms with van der Waals surface area (Å²) in [6.07, 6.45) is 8.09. The summed E-state index contributed by atoms with van der Waals surface area (Å²) >= 11 is 0. The maximum absolute atomic E-state index is 10.5. The van der Waals surface area contributed by atoms with Gasteiger partial charge in [-0.2, -0.15) is 10.2 Å². The van der Waals surface area contributed by atoms with Crippen LogP contribution in [0.1, 0.15) is 116 Å². The molecule has 0 aromatic heterocycles. The summed E-state index contributed by atoms with van der Waals surface area (Å²) < 4.78 is 11.5. The van der Waals surface area contributed by atoms with E-state index in [4.69, 9.17) is 15.3 Å². The van der Waals surface area contributed by atoms with E-state index in [-0.39, 0.29) is 17.2 Å². The van der Waals surface area contributed by atoms with Crippen LogP contribution in [0.15, 0.2) is 63.9 Å². The molecule has 1 saturated heterocycles. The van der Waals surface area contributed by atoms with Crippen molar-refractivity contribution in [3.05, 3.63) is 59.7 Å². The first kappa shape index (κ1) is 38.9. The molecule has 256 valence electrons. The third kappa shape index (κ3) is 12.5. The van der Waals surface area contributed by atoms with E-state index in [1.54, 1.807) is 21.1 Å². The first-order chi connectivity index (χ1) is 22.0. The Morgan fingerprint density at radius 1 is 0.957 bits per heavy atom. The molecule has 1 aliphatic rings. The van der Waals surface area contributed by atoms with E-state index in [9.17, 15) is 4.79 Å². The van der Waals surface area contributed by atoms with E-state index in [2.05, 4.69) is 77.4 Å². The number of para-hydroxylation sites is 1. The molecule has 0 saturated carbocycles. The van der Waals surface area contributed by atoms with Crippen molar-refractivity contribution in [1.29, 1.82) is 0 Å². The monoisotopic (exact) mass is 635 g/mol. The van der Waals surface area contributed by atoms with Crippen LogP contribution in [0.2, 0.25) is 0 Å². The molecular formula is C38H61N5O3. The normalized spacial score (nSPS) is 16.2. The average molecular weight is 636 g/mol. The predicted octanol–water partition coefficient (Wildman–Crippen LogP) is 9.21. The number of carbonyl (C=O) groups excluding carboxylic acids is 1. The molecule has 46 heavy (non-hydrogen) atoms. The van der Waals surface area contributed by atoms with E-state index in [0.29, 0.717) is 35.7 Å². The summed E-state index contributed by atoms with van der Waals surface area (Å²) in [5.41, 5.74) is 2.21. The number of benzene rings is 2. The fraction of sp³-hybridized carbons (Fsp3) is 0.632. The smallest absolute Gasteiger partial charge is 0.191 e. The second-order valence-electron chi connectivity index (χ2n) is 13.9. The summed E-state index contributed by atoms with van der Waals surface area (Å²) in [6.45, 7) is 16.7. The molecule has 8 nitrogen and oxygen atoms in total. The van der Waals surface area contributed by atoms with Crippen LogP contribution in [-0.4, -0.2) is 50.4 Å². The zero-order valence-corrected chi connectivity index (χ0v) is 30.1. The van der Waals surface area contributed by atoms with Gasteiger partial charge in [-0.05, 0) is 68.7 Å². The topological polar surface area (TPSA) is 102 Å². The number of methoxy groups -OCH3 is 2. The number of piperidine rings is 1. The van der Waals surface area contributed by atoms with E-state index in [0.717, 1.165) is 43.8 Å². The van der Waals surface area contributed by atoms with Gasteiger partial charge >= 0.3 is 0 Å². The molecule has 1 fully saturated rings. The first-order valence-electron chi connectivity index (χ1n) is 17.1. The average Bonchev–Trinajstić information content (AvgIpc) is 3.05. The van der Waals surface area contributed by atoms with E-state index >= 15 is 0 Å². The number of hydrogen-bond donors (Lipinski definition) is 1. The van der Waals surface area contributed by atoms with Crippen LogP contribution < -0.4 is 15.3 Å². The Kier molecular flexibility index (Phi) is 17.0. The Balaban J connectivity index is 0.000000942. The number of carbonyl (C=O) groups is 1. The van der Waals surface area contributed by atoms with Gasteiger partial charge in [-0.15, -0.1) is 5.11 Å². The quantitative estimate of drug-likeness (QED) is 0.0733. The molecular weight excluding hydrogens is 574 g/mol. The van der Waals surface area contributed by atoms with Crippen LogP contribution in [0.5, 0.6) is 11.5 Å².